The Bertz CT molecular complexity index is 389. The molecule has 1 aromatic carbocycles. The van der Waals surface area contributed by atoms with Gasteiger partial charge in [0.05, 0.1) is 18.4 Å². The van der Waals surface area contributed by atoms with Crippen molar-refractivity contribution in [3.05, 3.63) is 30.1 Å². The van der Waals surface area contributed by atoms with Crippen molar-refractivity contribution < 1.29 is 9.13 Å². The van der Waals surface area contributed by atoms with E-state index < -0.39 is 5.54 Å². The van der Waals surface area contributed by atoms with Gasteiger partial charge in [-0.1, -0.05) is 12.1 Å². The van der Waals surface area contributed by atoms with Crippen LogP contribution in [0, 0.1) is 17.1 Å². The van der Waals surface area contributed by atoms with Crippen LogP contribution in [0.15, 0.2) is 24.3 Å². The van der Waals surface area contributed by atoms with Crippen LogP contribution in [0.1, 0.15) is 13.8 Å². The molecule has 0 fully saturated rings. The number of hydrogen-bond donors (Lipinski definition) is 1. The first-order valence-corrected chi connectivity index (χ1v) is 5.13. The molecule has 4 heteroatoms. The summed E-state index contributed by atoms with van der Waals surface area (Å²) in [4.78, 5) is 0. The zero-order valence-corrected chi connectivity index (χ0v) is 9.46. The van der Waals surface area contributed by atoms with E-state index in [-0.39, 0.29) is 12.4 Å². The Morgan fingerprint density at radius 1 is 1.50 bits per heavy atom. The summed E-state index contributed by atoms with van der Waals surface area (Å²) in [5.41, 5.74) is -0.607. The largest absolute Gasteiger partial charge is 0.378 e. The lowest BCUT2D eigenvalue weighted by molar-refractivity contribution is 0.125. The number of halogens is 1. The minimum Gasteiger partial charge on any atom is -0.378 e. The molecule has 0 aliphatic rings. The molecule has 0 aliphatic carbocycles. The van der Waals surface area contributed by atoms with Crippen molar-refractivity contribution in [2.45, 2.75) is 19.4 Å². The Kier molecular flexibility index (Phi) is 4.27. The number of rotatable bonds is 5. The summed E-state index contributed by atoms with van der Waals surface area (Å²) in [5, 5.41) is 11.9. The Hall–Kier alpha value is -1.60. The fraction of sp³-hybridized carbons (Fsp3) is 0.417. The number of nitrogens with one attached hydrogen (secondary N) is 1. The molecular formula is C12H15FN2O. The predicted octanol–water partition coefficient (Wildman–Crippen LogP) is 2.56. The van der Waals surface area contributed by atoms with Gasteiger partial charge < -0.3 is 10.1 Å². The fourth-order valence-electron chi connectivity index (χ4n) is 1.26. The van der Waals surface area contributed by atoms with E-state index in [0.717, 1.165) is 0 Å². The summed E-state index contributed by atoms with van der Waals surface area (Å²) in [6, 6.07) is 8.34. The van der Waals surface area contributed by atoms with E-state index in [1.165, 1.54) is 6.07 Å². The van der Waals surface area contributed by atoms with Gasteiger partial charge >= 0.3 is 0 Å². The average Bonchev–Trinajstić information content (AvgIpc) is 2.30. The fourth-order valence-corrected chi connectivity index (χ4v) is 1.26. The lowest BCUT2D eigenvalue weighted by atomic mass is 10.1. The van der Waals surface area contributed by atoms with E-state index in [0.29, 0.717) is 12.3 Å². The van der Waals surface area contributed by atoms with Crippen LogP contribution in [0.4, 0.5) is 10.1 Å². The second-order valence-corrected chi connectivity index (χ2v) is 3.69. The molecule has 0 radical (unpaired) electrons. The molecule has 3 nitrogen and oxygen atoms in total. The van der Waals surface area contributed by atoms with Gasteiger partial charge in [0.1, 0.15) is 11.4 Å². The molecule has 1 aromatic rings. The van der Waals surface area contributed by atoms with Crippen molar-refractivity contribution in [1.29, 1.82) is 5.26 Å². The Morgan fingerprint density at radius 3 is 2.75 bits per heavy atom. The maximum Gasteiger partial charge on any atom is 0.146 e. The molecule has 1 rings (SSSR count). The Morgan fingerprint density at radius 2 is 2.19 bits per heavy atom. The van der Waals surface area contributed by atoms with Gasteiger partial charge in [-0.25, -0.2) is 4.39 Å². The van der Waals surface area contributed by atoms with Crippen molar-refractivity contribution in [3.8, 4) is 6.07 Å². The number of ether oxygens (including phenoxy) is 1. The van der Waals surface area contributed by atoms with E-state index >= 15 is 0 Å². The van der Waals surface area contributed by atoms with E-state index in [1.807, 2.05) is 6.92 Å². The summed E-state index contributed by atoms with van der Waals surface area (Å²) in [5.74, 6) is -0.375. The number of para-hydroxylation sites is 1. The molecule has 1 atom stereocenters. The molecule has 0 aliphatic heterocycles. The SMILES string of the molecule is CCOCC(C)(C#N)Nc1ccccc1F. The second kappa shape index (κ2) is 5.47. The summed E-state index contributed by atoms with van der Waals surface area (Å²) in [6.45, 7) is 4.26. The van der Waals surface area contributed by atoms with Crippen LogP contribution in [0.25, 0.3) is 0 Å². The Balaban J connectivity index is 2.78. The van der Waals surface area contributed by atoms with Crippen LogP contribution in [0.5, 0.6) is 0 Å². The quantitative estimate of drug-likeness (QED) is 0.832. The van der Waals surface area contributed by atoms with Gasteiger partial charge in [0.15, 0.2) is 0 Å². The van der Waals surface area contributed by atoms with Crippen molar-refractivity contribution >= 4 is 5.69 Å². The summed E-state index contributed by atoms with van der Waals surface area (Å²) >= 11 is 0. The van der Waals surface area contributed by atoms with Gasteiger partial charge in [-0.05, 0) is 26.0 Å². The third-order valence-electron chi connectivity index (χ3n) is 2.13. The zero-order valence-electron chi connectivity index (χ0n) is 9.46. The van der Waals surface area contributed by atoms with E-state index in [1.54, 1.807) is 25.1 Å². The van der Waals surface area contributed by atoms with Crippen molar-refractivity contribution in [3.63, 3.8) is 0 Å². The highest BCUT2D eigenvalue weighted by molar-refractivity contribution is 5.48. The van der Waals surface area contributed by atoms with Gasteiger partial charge in [-0.2, -0.15) is 5.26 Å². The summed E-state index contributed by atoms with van der Waals surface area (Å²) in [6.07, 6.45) is 0. The van der Waals surface area contributed by atoms with Gasteiger partial charge in [0.2, 0.25) is 0 Å². The van der Waals surface area contributed by atoms with Crippen LogP contribution in [-0.2, 0) is 4.74 Å². The molecule has 0 saturated carbocycles. The smallest absolute Gasteiger partial charge is 0.146 e. The minimum atomic E-state index is -0.918. The molecule has 0 amide bonds. The number of anilines is 1. The molecule has 0 saturated heterocycles. The number of nitrogens with zero attached hydrogens (tertiary/aromatic N) is 1. The molecule has 0 heterocycles. The number of nitriles is 1. The third kappa shape index (κ3) is 3.21. The zero-order chi connectivity index (χ0) is 12.0. The van der Waals surface area contributed by atoms with Gasteiger partial charge in [0, 0.05) is 6.61 Å². The van der Waals surface area contributed by atoms with Crippen LogP contribution in [0.3, 0.4) is 0 Å². The van der Waals surface area contributed by atoms with Gasteiger partial charge in [-0.3, -0.25) is 0 Å². The monoisotopic (exact) mass is 222 g/mol. The van der Waals surface area contributed by atoms with Crippen molar-refractivity contribution in [2.24, 2.45) is 0 Å². The normalized spacial score (nSPS) is 13.9. The predicted molar refractivity (Wildman–Crippen MR) is 60.5 cm³/mol. The Labute approximate surface area is 94.8 Å². The first-order chi connectivity index (χ1) is 7.61. The van der Waals surface area contributed by atoms with Crippen LogP contribution in [-0.4, -0.2) is 18.8 Å². The summed E-state index contributed by atoms with van der Waals surface area (Å²) in [7, 11) is 0. The van der Waals surface area contributed by atoms with Crippen LogP contribution in [0.2, 0.25) is 0 Å². The first kappa shape index (κ1) is 12.5. The molecule has 0 aromatic heterocycles. The average molecular weight is 222 g/mol. The standard InChI is InChI=1S/C12H15FN2O/c1-3-16-9-12(2,8-14)15-11-7-5-4-6-10(11)13/h4-7,15H,3,9H2,1-2H3. The topological polar surface area (TPSA) is 45.0 Å². The van der Waals surface area contributed by atoms with Crippen molar-refractivity contribution in [1.82, 2.24) is 0 Å². The first-order valence-electron chi connectivity index (χ1n) is 5.13. The maximum atomic E-state index is 13.4. The van der Waals surface area contributed by atoms with Crippen LogP contribution < -0.4 is 5.32 Å². The van der Waals surface area contributed by atoms with E-state index in [4.69, 9.17) is 10.00 Å². The molecular weight excluding hydrogens is 207 g/mol. The highest BCUT2D eigenvalue weighted by Crippen LogP contribution is 2.18. The molecule has 0 spiro atoms. The minimum absolute atomic E-state index is 0.217. The lowest BCUT2D eigenvalue weighted by Crippen LogP contribution is -2.38. The molecule has 1 N–H and O–H groups in total. The second-order valence-electron chi connectivity index (χ2n) is 3.69. The summed E-state index contributed by atoms with van der Waals surface area (Å²) < 4.78 is 18.6. The van der Waals surface area contributed by atoms with Crippen LogP contribution >= 0.6 is 0 Å². The van der Waals surface area contributed by atoms with Gasteiger partial charge in [-0.15, -0.1) is 0 Å². The molecule has 1 unspecified atom stereocenters. The van der Waals surface area contributed by atoms with Gasteiger partial charge in [0.25, 0.3) is 0 Å². The number of benzene rings is 1. The maximum absolute atomic E-state index is 13.4. The molecule has 0 bridgehead atoms. The molecule has 86 valence electrons. The highest BCUT2D eigenvalue weighted by atomic mass is 19.1. The third-order valence-corrected chi connectivity index (χ3v) is 2.13. The number of hydrogen-bond acceptors (Lipinski definition) is 3. The molecule has 16 heavy (non-hydrogen) atoms. The van der Waals surface area contributed by atoms with E-state index in [9.17, 15) is 4.39 Å². The highest BCUT2D eigenvalue weighted by Gasteiger charge is 2.24. The lowest BCUT2D eigenvalue weighted by Gasteiger charge is -2.24. The van der Waals surface area contributed by atoms with E-state index in [2.05, 4.69) is 11.4 Å². The van der Waals surface area contributed by atoms with Crippen molar-refractivity contribution in [2.75, 3.05) is 18.5 Å².